The van der Waals surface area contributed by atoms with Gasteiger partial charge in [-0.15, -0.1) is 0 Å². The van der Waals surface area contributed by atoms with Crippen LogP contribution < -0.4 is 0 Å². The van der Waals surface area contributed by atoms with E-state index in [2.05, 4.69) is 207 Å². The molecule has 0 fully saturated rings. The van der Waals surface area contributed by atoms with Crippen molar-refractivity contribution in [2.45, 2.75) is 27.7 Å². The minimum atomic E-state index is 0.569. The van der Waals surface area contributed by atoms with Gasteiger partial charge in [-0.25, -0.2) is 15.0 Å². The average molecular weight is 925 g/mol. The molecular formula is C66H48N6. The second-order valence-electron chi connectivity index (χ2n) is 19.1. The second kappa shape index (κ2) is 17.3. The van der Waals surface area contributed by atoms with Gasteiger partial charge in [-0.3, -0.25) is 4.98 Å². The number of para-hydroxylation sites is 2. The first kappa shape index (κ1) is 42.8. The largest absolute Gasteiger partial charge is 0.309 e. The zero-order valence-corrected chi connectivity index (χ0v) is 40.5. The molecule has 6 nitrogen and oxygen atoms in total. The zero-order valence-electron chi connectivity index (χ0n) is 40.5. The van der Waals surface area contributed by atoms with Crippen LogP contribution in [0.4, 0.5) is 0 Å². The Balaban J connectivity index is 1.08. The first-order valence-electron chi connectivity index (χ1n) is 24.5. The lowest BCUT2D eigenvalue weighted by atomic mass is 9.97. The van der Waals surface area contributed by atoms with Gasteiger partial charge in [0.05, 0.1) is 27.8 Å². The van der Waals surface area contributed by atoms with Crippen molar-refractivity contribution in [1.29, 1.82) is 0 Å². The van der Waals surface area contributed by atoms with Gasteiger partial charge in [0.1, 0.15) is 0 Å². The summed E-state index contributed by atoms with van der Waals surface area (Å²) in [6, 6.07) is 74.0. The molecule has 13 rings (SSSR count). The van der Waals surface area contributed by atoms with Crippen molar-refractivity contribution in [2.24, 2.45) is 0 Å². The van der Waals surface area contributed by atoms with E-state index in [0.29, 0.717) is 17.5 Å². The van der Waals surface area contributed by atoms with Crippen molar-refractivity contribution in [3.63, 3.8) is 0 Å². The highest BCUT2D eigenvalue weighted by molar-refractivity contribution is 6.12. The zero-order chi connectivity index (χ0) is 48.5. The van der Waals surface area contributed by atoms with E-state index < -0.39 is 0 Å². The quantitative estimate of drug-likeness (QED) is 0.152. The van der Waals surface area contributed by atoms with Crippen molar-refractivity contribution in [2.75, 3.05) is 0 Å². The smallest absolute Gasteiger partial charge is 0.164 e. The first-order chi connectivity index (χ1) is 35.3. The molecule has 0 spiro atoms. The van der Waals surface area contributed by atoms with E-state index >= 15 is 0 Å². The topological polar surface area (TPSA) is 61.4 Å². The van der Waals surface area contributed by atoms with E-state index in [-0.39, 0.29) is 0 Å². The van der Waals surface area contributed by atoms with Crippen LogP contribution in [0.15, 0.2) is 219 Å². The summed E-state index contributed by atoms with van der Waals surface area (Å²) < 4.78 is 4.79. The molecule has 0 aliphatic heterocycles. The van der Waals surface area contributed by atoms with Crippen molar-refractivity contribution < 1.29 is 0 Å². The van der Waals surface area contributed by atoms with Gasteiger partial charge in [0.2, 0.25) is 0 Å². The summed E-state index contributed by atoms with van der Waals surface area (Å²) in [4.78, 5) is 20.6. The summed E-state index contributed by atoms with van der Waals surface area (Å²) in [7, 11) is 0. The molecule has 0 atom stereocenters. The Labute approximate surface area is 418 Å². The Hall–Kier alpha value is -9.26. The monoisotopic (exact) mass is 924 g/mol. The first-order valence-corrected chi connectivity index (χ1v) is 24.5. The molecule has 13 aromatic rings. The number of nitrogens with zero attached hydrogens (tertiary/aromatic N) is 6. The van der Waals surface area contributed by atoms with Gasteiger partial charge in [0, 0.05) is 61.9 Å². The predicted octanol–water partition coefficient (Wildman–Crippen LogP) is 16.7. The number of rotatable bonds is 8. The molecule has 0 radical (unpaired) electrons. The van der Waals surface area contributed by atoms with E-state index in [1.807, 2.05) is 48.8 Å². The number of fused-ring (bicyclic) bond motifs is 6. The molecule has 72 heavy (non-hydrogen) atoms. The molecule has 0 saturated carbocycles. The number of benzene rings is 9. The molecule has 0 aliphatic rings. The maximum absolute atomic E-state index is 5.32. The fourth-order valence-electron chi connectivity index (χ4n) is 10.9. The summed E-state index contributed by atoms with van der Waals surface area (Å²) in [5.41, 5.74) is 20.8. The second-order valence-corrected chi connectivity index (χ2v) is 19.1. The average Bonchev–Trinajstić information content (AvgIpc) is 3.93. The Kier molecular flexibility index (Phi) is 10.3. The molecule has 0 unspecified atom stereocenters. The van der Waals surface area contributed by atoms with Crippen molar-refractivity contribution in [3.05, 3.63) is 241 Å². The van der Waals surface area contributed by atoms with Crippen molar-refractivity contribution >= 4 is 43.6 Å². The predicted molar refractivity (Wildman–Crippen MR) is 298 cm³/mol. The molecule has 6 heteroatoms. The van der Waals surface area contributed by atoms with Crippen LogP contribution in [0.25, 0.3) is 123 Å². The number of pyridine rings is 1. The Morgan fingerprint density at radius 1 is 0.306 bits per heavy atom. The van der Waals surface area contributed by atoms with Crippen LogP contribution >= 0.6 is 0 Å². The van der Waals surface area contributed by atoms with Crippen LogP contribution in [0.1, 0.15) is 22.3 Å². The Morgan fingerprint density at radius 2 is 0.778 bits per heavy atom. The van der Waals surface area contributed by atoms with Crippen LogP contribution in [0, 0.1) is 27.7 Å². The lowest BCUT2D eigenvalue weighted by Gasteiger charge is -2.18. The molecular weight excluding hydrogens is 877 g/mol. The lowest BCUT2D eigenvalue weighted by molar-refractivity contribution is 1.07. The third-order valence-corrected chi connectivity index (χ3v) is 14.0. The normalized spacial score (nSPS) is 11.6. The van der Waals surface area contributed by atoms with Gasteiger partial charge in [0.25, 0.3) is 0 Å². The van der Waals surface area contributed by atoms with E-state index in [0.717, 1.165) is 61.3 Å². The van der Waals surface area contributed by atoms with Crippen LogP contribution in [0.5, 0.6) is 0 Å². The van der Waals surface area contributed by atoms with E-state index in [9.17, 15) is 0 Å². The third kappa shape index (κ3) is 7.44. The maximum atomic E-state index is 5.32. The summed E-state index contributed by atoms with van der Waals surface area (Å²) in [5.74, 6) is 1.77. The molecule has 0 bridgehead atoms. The van der Waals surface area contributed by atoms with Gasteiger partial charge < -0.3 is 9.13 Å². The molecule has 0 saturated heterocycles. The fourth-order valence-corrected chi connectivity index (χ4v) is 10.9. The summed E-state index contributed by atoms with van der Waals surface area (Å²) >= 11 is 0. The van der Waals surface area contributed by atoms with E-state index in [1.54, 1.807) is 0 Å². The van der Waals surface area contributed by atoms with Gasteiger partial charge >= 0.3 is 0 Å². The van der Waals surface area contributed by atoms with Gasteiger partial charge in [-0.2, -0.15) is 0 Å². The summed E-state index contributed by atoms with van der Waals surface area (Å²) in [6.07, 6.45) is 3.90. The highest BCUT2D eigenvalue weighted by Crippen LogP contribution is 2.43. The van der Waals surface area contributed by atoms with Crippen LogP contribution in [-0.4, -0.2) is 29.1 Å². The van der Waals surface area contributed by atoms with E-state index in [1.165, 1.54) is 66.1 Å². The number of aromatic nitrogens is 6. The van der Waals surface area contributed by atoms with E-state index in [4.69, 9.17) is 19.9 Å². The van der Waals surface area contributed by atoms with Gasteiger partial charge in [0.15, 0.2) is 17.5 Å². The highest BCUT2D eigenvalue weighted by atomic mass is 15.0. The molecule has 0 amide bonds. The number of hydrogen-bond donors (Lipinski definition) is 0. The number of aryl methyl sites for hydroxylation is 4. The van der Waals surface area contributed by atoms with Gasteiger partial charge in [-0.1, -0.05) is 168 Å². The standard InChI is InChI=1S/C66H48N6/c1-41-31-42(2)34-49(33-41)47-23-27-61-56(37-47)52-19-11-13-21-59(52)71(61)51-25-26-54(66-69-64(45-15-7-5-8-16-45)68-65(70-66)46-17-9-6-10-18-46)55(39-51)58-40-67-30-29-63(58)72-60-22-14-12-20-53(60)57-38-48(24-28-62(57)72)50-35-43(3)32-44(4)36-50/h5-40H,1-4H3. The SMILES string of the molecule is Cc1cc(C)cc(-c2ccc3c(c2)c2ccccc2n3-c2ccc(-c3nc(-c4ccccc4)nc(-c4ccccc4)n3)c(-c3cnccc3-n3c4ccccc4c4cc(-c5cc(C)cc(C)c5)ccc43)c2)c1. The van der Waals surface area contributed by atoms with Crippen molar-refractivity contribution in [1.82, 2.24) is 29.1 Å². The molecule has 9 aromatic carbocycles. The highest BCUT2D eigenvalue weighted by Gasteiger charge is 2.23. The summed E-state index contributed by atoms with van der Waals surface area (Å²) in [5, 5.41) is 4.74. The Bertz CT molecular complexity index is 4160. The molecule has 0 N–H and O–H groups in total. The van der Waals surface area contributed by atoms with Crippen LogP contribution in [0.2, 0.25) is 0 Å². The molecule has 4 heterocycles. The number of hydrogen-bond acceptors (Lipinski definition) is 4. The van der Waals surface area contributed by atoms with Crippen LogP contribution in [-0.2, 0) is 0 Å². The lowest BCUT2D eigenvalue weighted by Crippen LogP contribution is -2.04. The molecule has 342 valence electrons. The summed E-state index contributed by atoms with van der Waals surface area (Å²) in [6.45, 7) is 8.67. The maximum Gasteiger partial charge on any atom is 0.164 e. The van der Waals surface area contributed by atoms with Crippen LogP contribution in [0.3, 0.4) is 0 Å². The fraction of sp³-hybridized carbons (Fsp3) is 0.0606. The Morgan fingerprint density at radius 3 is 1.33 bits per heavy atom. The molecule has 0 aliphatic carbocycles. The minimum Gasteiger partial charge on any atom is -0.309 e. The third-order valence-electron chi connectivity index (χ3n) is 14.0. The minimum absolute atomic E-state index is 0.569. The molecule has 4 aromatic heterocycles. The van der Waals surface area contributed by atoms with Gasteiger partial charge in [-0.05, 0) is 116 Å². The van der Waals surface area contributed by atoms with Crippen molar-refractivity contribution in [3.8, 4) is 78.9 Å².